The van der Waals surface area contributed by atoms with E-state index in [1.165, 1.54) is 19.1 Å². The lowest BCUT2D eigenvalue weighted by atomic mass is 9.98. The number of esters is 2. The van der Waals surface area contributed by atoms with Crippen molar-refractivity contribution >= 4 is 11.9 Å². The number of hydrogen-bond acceptors (Lipinski definition) is 8. The number of aromatic hydroxyl groups is 3. The molecule has 0 unspecified atom stereocenters. The first-order chi connectivity index (χ1) is 22.7. The van der Waals surface area contributed by atoms with Crippen LogP contribution in [0.1, 0.15) is 151 Å². The molecule has 264 valence electrons. The van der Waals surface area contributed by atoms with Gasteiger partial charge >= 0.3 is 11.9 Å². The van der Waals surface area contributed by atoms with Gasteiger partial charge in [0.15, 0.2) is 0 Å². The maximum atomic E-state index is 13.4. The quantitative estimate of drug-likeness (QED) is 0.0713. The molecular weight excluding hydrogens is 596 g/mol. The third kappa shape index (κ3) is 16.3. The lowest BCUT2D eigenvalue weighted by Crippen LogP contribution is -2.19. The van der Waals surface area contributed by atoms with E-state index in [4.69, 9.17) is 14.2 Å². The van der Waals surface area contributed by atoms with Gasteiger partial charge in [-0.25, -0.2) is 4.79 Å². The molecule has 0 saturated carbocycles. The molecule has 0 radical (unpaired) electrons. The van der Waals surface area contributed by atoms with E-state index in [9.17, 15) is 24.9 Å². The van der Waals surface area contributed by atoms with Gasteiger partial charge in [0.1, 0.15) is 40.8 Å². The highest BCUT2D eigenvalue weighted by Gasteiger charge is 2.23. The summed E-state index contributed by atoms with van der Waals surface area (Å²) in [7, 11) is 1.55. The van der Waals surface area contributed by atoms with Crippen LogP contribution in [0.2, 0.25) is 0 Å². The zero-order valence-electron chi connectivity index (χ0n) is 29.4. The Kier molecular flexibility index (Phi) is 19.5. The fourth-order valence-corrected chi connectivity index (χ4v) is 6.25. The number of carbonyl (C=O) groups is 2. The van der Waals surface area contributed by atoms with Gasteiger partial charge in [0.2, 0.25) is 0 Å². The van der Waals surface area contributed by atoms with Gasteiger partial charge in [0, 0.05) is 19.1 Å². The molecule has 0 aliphatic carbocycles. The van der Waals surface area contributed by atoms with Crippen LogP contribution in [-0.2, 0) is 27.1 Å². The first-order valence-electron chi connectivity index (χ1n) is 18.0. The van der Waals surface area contributed by atoms with Crippen LogP contribution in [0.3, 0.4) is 0 Å². The van der Waals surface area contributed by atoms with Gasteiger partial charge in [-0.2, -0.15) is 0 Å². The van der Waals surface area contributed by atoms with E-state index in [2.05, 4.69) is 13.8 Å². The number of phenolic OH excluding ortho intramolecular Hbond substituents is 3. The maximum Gasteiger partial charge on any atom is 0.342 e. The Labute approximate surface area is 282 Å². The molecule has 2 aromatic rings. The van der Waals surface area contributed by atoms with Gasteiger partial charge in [-0.05, 0) is 93.5 Å². The predicted molar refractivity (Wildman–Crippen MR) is 186 cm³/mol. The zero-order valence-corrected chi connectivity index (χ0v) is 29.4. The molecule has 2 atom stereocenters. The number of rotatable bonds is 25. The Bertz CT molecular complexity index is 1170. The Morgan fingerprint density at radius 1 is 0.638 bits per heavy atom. The largest absolute Gasteiger partial charge is 0.508 e. The highest BCUT2D eigenvalue weighted by atomic mass is 16.5. The molecule has 0 aliphatic heterocycles. The van der Waals surface area contributed by atoms with E-state index in [1.54, 1.807) is 19.2 Å². The fraction of sp³-hybridized carbons (Fsp3) is 0.641. The fourth-order valence-electron chi connectivity index (χ4n) is 6.25. The summed E-state index contributed by atoms with van der Waals surface area (Å²) < 4.78 is 16.8. The number of hydrogen-bond donors (Lipinski definition) is 3. The SMILES string of the molecule is CCC[C@H](CCCCCCCCc1cc(OC)cc(O)c1C(=O)O[C@H](CCC)CCCCCCCc1cc(O)cc(O)c1)OC(C)=O. The molecule has 0 amide bonds. The van der Waals surface area contributed by atoms with Crippen LogP contribution in [-0.4, -0.2) is 46.6 Å². The Balaban J connectivity index is 1.80. The number of carbonyl (C=O) groups excluding carboxylic acids is 2. The van der Waals surface area contributed by atoms with Gasteiger partial charge in [-0.15, -0.1) is 0 Å². The maximum absolute atomic E-state index is 13.4. The Morgan fingerprint density at radius 3 is 1.68 bits per heavy atom. The molecule has 47 heavy (non-hydrogen) atoms. The Hall–Kier alpha value is -3.42. The second kappa shape index (κ2) is 23.0. The molecule has 2 aromatic carbocycles. The van der Waals surface area contributed by atoms with Crippen molar-refractivity contribution in [3.8, 4) is 23.0 Å². The normalized spacial score (nSPS) is 12.4. The van der Waals surface area contributed by atoms with Gasteiger partial charge < -0.3 is 29.5 Å². The number of phenols is 3. The van der Waals surface area contributed by atoms with Crippen molar-refractivity contribution < 1.29 is 39.1 Å². The van der Waals surface area contributed by atoms with Crippen LogP contribution in [0.25, 0.3) is 0 Å². The molecule has 0 saturated heterocycles. The van der Waals surface area contributed by atoms with Crippen LogP contribution >= 0.6 is 0 Å². The van der Waals surface area contributed by atoms with Crippen molar-refractivity contribution in [3.05, 3.63) is 47.0 Å². The summed E-state index contributed by atoms with van der Waals surface area (Å²) in [6, 6.07) is 8.04. The standard InChI is InChI=1S/C39H60O8/c1-5-18-34(46-29(3)40)22-16-12-8-7-11-15-21-31-26-36(45-4)28-37(43)38(31)39(44)47-35(19-6-2)23-17-13-9-10-14-20-30-24-32(41)27-33(42)25-30/h24-28,34-35,41-43H,5-23H2,1-4H3/t34-,35-/m1/s1. The third-order valence-corrected chi connectivity index (χ3v) is 8.62. The first kappa shape index (κ1) is 39.8. The van der Waals surface area contributed by atoms with Crippen molar-refractivity contribution in [1.29, 1.82) is 0 Å². The molecule has 0 spiro atoms. The number of benzene rings is 2. The second-order valence-electron chi connectivity index (χ2n) is 12.8. The van der Waals surface area contributed by atoms with Crippen LogP contribution < -0.4 is 4.74 Å². The van der Waals surface area contributed by atoms with Crippen molar-refractivity contribution in [1.82, 2.24) is 0 Å². The highest BCUT2D eigenvalue weighted by molar-refractivity contribution is 5.94. The van der Waals surface area contributed by atoms with Crippen molar-refractivity contribution in [2.24, 2.45) is 0 Å². The molecule has 0 aromatic heterocycles. The minimum absolute atomic E-state index is 0.0265. The van der Waals surface area contributed by atoms with Crippen LogP contribution in [0.15, 0.2) is 30.3 Å². The molecule has 0 aliphatic rings. The number of ether oxygens (including phenoxy) is 3. The highest BCUT2D eigenvalue weighted by Crippen LogP contribution is 2.31. The summed E-state index contributed by atoms with van der Waals surface area (Å²) in [6.45, 7) is 5.66. The molecular formula is C39H60O8. The lowest BCUT2D eigenvalue weighted by molar-refractivity contribution is -0.147. The van der Waals surface area contributed by atoms with E-state index < -0.39 is 5.97 Å². The zero-order chi connectivity index (χ0) is 34.4. The van der Waals surface area contributed by atoms with Crippen molar-refractivity contribution in [2.45, 2.75) is 155 Å². The van der Waals surface area contributed by atoms with E-state index in [-0.39, 0.29) is 41.0 Å². The number of unbranched alkanes of at least 4 members (excludes halogenated alkanes) is 9. The van der Waals surface area contributed by atoms with E-state index in [0.717, 1.165) is 127 Å². The van der Waals surface area contributed by atoms with Crippen molar-refractivity contribution in [3.63, 3.8) is 0 Å². The van der Waals surface area contributed by atoms with Gasteiger partial charge in [0.05, 0.1) is 7.11 Å². The van der Waals surface area contributed by atoms with Gasteiger partial charge in [-0.3, -0.25) is 4.79 Å². The lowest BCUT2D eigenvalue weighted by Gasteiger charge is -2.19. The smallest absolute Gasteiger partial charge is 0.342 e. The summed E-state index contributed by atoms with van der Waals surface area (Å²) in [5, 5.41) is 30.1. The average molecular weight is 657 g/mol. The van der Waals surface area contributed by atoms with Crippen LogP contribution in [0, 0.1) is 0 Å². The van der Waals surface area contributed by atoms with Crippen molar-refractivity contribution in [2.75, 3.05) is 7.11 Å². The molecule has 0 heterocycles. The minimum Gasteiger partial charge on any atom is -0.508 e. The van der Waals surface area contributed by atoms with E-state index in [0.29, 0.717) is 12.2 Å². The second-order valence-corrected chi connectivity index (χ2v) is 12.8. The number of aryl methyl sites for hydroxylation is 2. The third-order valence-electron chi connectivity index (χ3n) is 8.62. The Morgan fingerprint density at radius 2 is 1.15 bits per heavy atom. The predicted octanol–water partition coefficient (Wildman–Crippen LogP) is 9.73. The summed E-state index contributed by atoms with van der Waals surface area (Å²) in [6.07, 6.45) is 17.9. The van der Waals surface area contributed by atoms with Crippen LogP contribution in [0.5, 0.6) is 23.0 Å². The monoisotopic (exact) mass is 656 g/mol. The molecule has 0 bridgehead atoms. The molecule has 8 heteroatoms. The molecule has 0 fully saturated rings. The van der Waals surface area contributed by atoms with Gasteiger partial charge in [-0.1, -0.05) is 71.6 Å². The topological polar surface area (TPSA) is 123 Å². The first-order valence-corrected chi connectivity index (χ1v) is 18.0. The summed E-state index contributed by atoms with van der Waals surface area (Å²) >= 11 is 0. The average Bonchev–Trinajstić information content (AvgIpc) is 3.00. The molecule has 8 nitrogen and oxygen atoms in total. The summed E-state index contributed by atoms with van der Waals surface area (Å²) in [4.78, 5) is 24.7. The molecule has 3 N–H and O–H groups in total. The number of methoxy groups -OCH3 is 1. The van der Waals surface area contributed by atoms with Gasteiger partial charge in [0.25, 0.3) is 0 Å². The molecule has 2 rings (SSSR count). The summed E-state index contributed by atoms with van der Waals surface area (Å²) in [5.74, 6) is -0.0794. The minimum atomic E-state index is -0.470. The van der Waals surface area contributed by atoms with E-state index >= 15 is 0 Å². The van der Waals surface area contributed by atoms with Crippen LogP contribution in [0.4, 0.5) is 0 Å². The summed E-state index contributed by atoms with van der Waals surface area (Å²) in [5.41, 5.74) is 1.94. The van der Waals surface area contributed by atoms with E-state index in [1.807, 2.05) is 6.07 Å².